The number of hydrogen-bond donors (Lipinski definition) is 2. The van der Waals surface area contributed by atoms with E-state index in [0.29, 0.717) is 23.9 Å². The first-order valence-electron chi connectivity index (χ1n) is 5.88. The maximum absolute atomic E-state index is 5.64. The highest BCUT2D eigenvalue weighted by Crippen LogP contribution is 2.15. The van der Waals surface area contributed by atoms with Crippen molar-refractivity contribution in [3.05, 3.63) is 5.89 Å². The maximum atomic E-state index is 5.64. The molecule has 3 unspecified atom stereocenters. The zero-order valence-corrected chi connectivity index (χ0v) is 10.5. The van der Waals surface area contributed by atoms with Crippen LogP contribution in [0, 0.1) is 5.92 Å². The molecule has 5 nitrogen and oxygen atoms in total. The molecule has 3 N–H and O–H groups in total. The van der Waals surface area contributed by atoms with Crippen molar-refractivity contribution in [1.29, 1.82) is 0 Å². The average Bonchev–Trinajstić information content (AvgIpc) is 2.65. The van der Waals surface area contributed by atoms with E-state index < -0.39 is 0 Å². The Bertz CT molecular complexity index is 311. The van der Waals surface area contributed by atoms with Crippen LogP contribution in [0.1, 0.15) is 52.5 Å². The normalized spacial score (nSPS) is 16.8. The summed E-state index contributed by atoms with van der Waals surface area (Å²) in [6.45, 7) is 8.36. The Morgan fingerprint density at radius 3 is 2.50 bits per heavy atom. The van der Waals surface area contributed by atoms with Crippen LogP contribution in [0.25, 0.3) is 0 Å². The van der Waals surface area contributed by atoms with E-state index >= 15 is 0 Å². The lowest BCUT2D eigenvalue weighted by Crippen LogP contribution is -2.18. The van der Waals surface area contributed by atoms with Crippen LogP contribution in [-0.2, 0) is 0 Å². The molecule has 0 aliphatic rings. The van der Waals surface area contributed by atoms with Crippen LogP contribution >= 0.6 is 0 Å². The van der Waals surface area contributed by atoms with E-state index in [-0.39, 0.29) is 6.04 Å². The van der Waals surface area contributed by atoms with E-state index in [9.17, 15) is 0 Å². The topological polar surface area (TPSA) is 77.0 Å². The van der Waals surface area contributed by atoms with Gasteiger partial charge in [0, 0.05) is 6.04 Å². The Morgan fingerprint density at radius 1 is 1.31 bits per heavy atom. The van der Waals surface area contributed by atoms with Crippen molar-refractivity contribution in [2.45, 2.75) is 52.6 Å². The summed E-state index contributed by atoms with van der Waals surface area (Å²) in [7, 11) is 0. The molecule has 0 spiro atoms. The van der Waals surface area contributed by atoms with E-state index in [0.717, 1.165) is 6.42 Å². The van der Waals surface area contributed by atoms with Gasteiger partial charge in [-0.15, -0.1) is 5.10 Å². The first-order chi connectivity index (χ1) is 7.52. The third-order valence-electron chi connectivity index (χ3n) is 2.65. The van der Waals surface area contributed by atoms with Crippen LogP contribution in [0.3, 0.4) is 0 Å². The standard InChI is InChI=1S/C11H22N4O/c1-5-7(2)6-8(3)13-11-15-14-10(16-11)9(4)12/h7-9H,5-6,12H2,1-4H3,(H,13,15). The molecule has 1 rings (SSSR count). The highest BCUT2D eigenvalue weighted by atomic mass is 16.4. The van der Waals surface area contributed by atoms with Gasteiger partial charge >= 0.3 is 6.01 Å². The quantitative estimate of drug-likeness (QED) is 0.778. The Morgan fingerprint density at radius 2 is 2.00 bits per heavy atom. The van der Waals surface area contributed by atoms with Gasteiger partial charge in [-0.05, 0) is 26.2 Å². The summed E-state index contributed by atoms with van der Waals surface area (Å²) in [5.74, 6) is 1.16. The van der Waals surface area contributed by atoms with Gasteiger partial charge in [-0.1, -0.05) is 25.4 Å². The summed E-state index contributed by atoms with van der Waals surface area (Å²) in [4.78, 5) is 0. The van der Waals surface area contributed by atoms with Crippen molar-refractivity contribution < 1.29 is 4.42 Å². The monoisotopic (exact) mass is 226 g/mol. The number of nitrogens with two attached hydrogens (primary N) is 1. The molecule has 0 amide bonds. The van der Waals surface area contributed by atoms with Crippen molar-refractivity contribution in [3.8, 4) is 0 Å². The van der Waals surface area contributed by atoms with Crippen LogP contribution in [0.5, 0.6) is 0 Å². The Kier molecular flexibility index (Phi) is 4.73. The molecule has 0 bridgehead atoms. The summed E-state index contributed by atoms with van der Waals surface area (Å²) in [5, 5.41) is 11.0. The molecule has 0 aliphatic heterocycles. The minimum Gasteiger partial charge on any atom is -0.406 e. The molecule has 1 aromatic heterocycles. The summed E-state index contributed by atoms with van der Waals surface area (Å²) in [5.41, 5.74) is 5.64. The zero-order chi connectivity index (χ0) is 12.1. The van der Waals surface area contributed by atoms with Gasteiger partial charge < -0.3 is 15.5 Å². The fourth-order valence-electron chi connectivity index (χ4n) is 1.52. The smallest absolute Gasteiger partial charge is 0.315 e. The summed E-state index contributed by atoms with van der Waals surface area (Å²) in [6.07, 6.45) is 2.27. The number of nitrogens with one attached hydrogen (secondary N) is 1. The summed E-state index contributed by atoms with van der Waals surface area (Å²) in [6, 6.07) is 0.576. The second-order valence-electron chi connectivity index (χ2n) is 4.53. The molecule has 0 saturated carbocycles. The van der Waals surface area contributed by atoms with E-state index in [1.807, 2.05) is 6.92 Å². The Hall–Kier alpha value is -1.10. The molecule has 0 aliphatic carbocycles. The van der Waals surface area contributed by atoms with Crippen molar-refractivity contribution in [3.63, 3.8) is 0 Å². The van der Waals surface area contributed by atoms with Gasteiger partial charge in [0.05, 0.1) is 6.04 Å². The number of aromatic nitrogens is 2. The largest absolute Gasteiger partial charge is 0.406 e. The highest BCUT2D eigenvalue weighted by Gasteiger charge is 2.13. The second kappa shape index (κ2) is 5.84. The molecule has 0 aromatic carbocycles. The second-order valence-corrected chi connectivity index (χ2v) is 4.53. The van der Waals surface area contributed by atoms with Crippen molar-refractivity contribution in [2.24, 2.45) is 11.7 Å². The molecular weight excluding hydrogens is 204 g/mol. The van der Waals surface area contributed by atoms with Gasteiger partial charge in [-0.2, -0.15) is 0 Å². The van der Waals surface area contributed by atoms with Gasteiger partial charge in [0.25, 0.3) is 0 Å². The number of hydrogen-bond acceptors (Lipinski definition) is 5. The molecule has 5 heteroatoms. The van der Waals surface area contributed by atoms with Gasteiger partial charge in [-0.25, -0.2) is 0 Å². The van der Waals surface area contributed by atoms with Crippen LogP contribution in [0.15, 0.2) is 4.42 Å². The molecule has 0 fully saturated rings. The molecule has 3 atom stereocenters. The molecule has 1 aromatic rings. The number of anilines is 1. The van der Waals surface area contributed by atoms with E-state index in [1.54, 1.807) is 0 Å². The lowest BCUT2D eigenvalue weighted by molar-refractivity contribution is 0.450. The Balaban J connectivity index is 2.46. The zero-order valence-electron chi connectivity index (χ0n) is 10.5. The predicted molar refractivity (Wildman–Crippen MR) is 64.1 cm³/mol. The fraction of sp³-hybridized carbons (Fsp3) is 0.818. The lowest BCUT2D eigenvalue weighted by atomic mass is 10.0. The average molecular weight is 226 g/mol. The molecule has 16 heavy (non-hydrogen) atoms. The summed E-state index contributed by atoms with van der Waals surface area (Å²) < 4.78 is 5.37. The van der Waals surface area contributed by atoms with E-state index in [4.69, 9.17) is 10.2 Å². The van der Waals surface area contributed by atoms with Crippen LogP contribution in [0.4, 0.5) is 6.01 Å². The van der Waals surface area contributed by atoms with Crippen LogP contribution in [0.2, 0.25) is 0 Å². The first kappa shape index (κ1) is 13.0. The van der Waals surface area contributed by atoms with Gasteiger partial charge in [0.1, 0.15) is 0 Å². The molecule has 1 heterocycles. The SMILES string of the molecule is CCC(C)CC(C)Nc1nnc(C(C)N)o1. The molecule has 92 valence electrons. The molecular formula is C11H22N4O. The minimum absolute atomic E-state index is 0.215. The Labute approximate surface area is 96.8 Å². The van der Waals surface area contributed by atoms with Crippen molar-refractivity contribution >= 4 is 6.01 Å². The van der Waals surface area contributed by atoms with Crippen molar-refractivity contribution in [1.82, 2.24) is 10.2 Å². The molecule has 0 radical (unpaired) electrons. The third kappa shape index (κ3) is 3.81. The molecule has 0 saturated heterocycles. The van der Waals surface area contributed by atoms with Crippen LogP contribution in [-0.4, -0.2) is 16.2 Å². The number of nitrogens with zero attached hydrogens (tertiary/aromatic N) is 2. The van der Waals surface area contributed by atoms with E-state index in [1.165, 1.54) is 6.42 Å². The van der Waals surface area contributed by atoms with E-state index in [2.05, 4.69) is 36.3 Å². The summed E-state index contributed by atoms with van der Waals surface area (Å²) >= 11 is 0. The van der Waals surface area contributed by atoms with Crippen molar-refractivity contribution in [2.75, 3.05) is 5.32 Å². The maximum Gasteiger partial charge on any atom is 0.315 e. The lowest BCUT2D eigenvalue weighted by Gasteiger charge is -2.15. The predicted octanol–water partition coefficient (Wildman–Crippen LogP) is 2.33. The van der Waals surface area contributed by atoms with Gasteiger partial charge in [0.15, 0.2) is 0 Å². The third-order valence-corrected chi connectivity index (χ3v) is 2.65. The number of rotatable bonds is 6. The first-order valence-corrected chi connectivity index (χ1v) is 5.88. The van der Waals surface area contributed by atoms with Crippen LogP contribution < -0.4 is 11.1 Å². The highest BCUT2D eigenvalue weighted by molar-refractivity contribution is 5.19. The van der Waals surface area contributed by atoms with Gasteiger partial charge in [0.2, 0.25) is 5.89 Å². The minimum atomic E-state index is -0.215. The van der Waals surface area contributed by atoms with Gasteiger partial charge in [-0.3, -0.25) is 0 Å². The fourth-order valence-corrected chi connectivity index (χ4v) is 1.52.